The number of likely N-dealkylation sites (tertiary alicyclic amines) is 1. The Hall–Kier alpha value is -2.99. The van der Waals surface area contributed by atoms with Crippen molar-refractivity contribution in [1.29, 1.82) is 0 Å². The van der Waals surface area contributed by atoms with Crippen molar-refractivity contribution in [1.82, 2.24) is 19.8 Å². The Balaban J connectivity index is 1.21. The van der Waals surface area contributed by atoms with Gasteiger partial charge in [0.05, 0.1) is 6.33 Å². The van der Waals surface area contributed by atoms with Crippen LogP contribution >= 0.6 is 0 Å². The highest BCUT2D eigenvalue weighted by molar-refractivity contribution is 5.78. The molecule has 4 rings (SSSR count). The van der Waals surface area contributed by atoms with E-state index < -0.39 is 0 Å². The fourth-order valence-electron chi connectivity index (χ4n) is 3.91. The van der Waals surface area contributed by atoms with Crippen LogP contribution in [0.5, 0.6) is 0 Å². The highest BCUT2D eigenvalue weighted by Crippen LogP contribution is 2.20. The Morgan fingerprint density at radius 3 is 2.47 bits per heavy atom. The van der Waals surface area contributed by atoms with Crippen molar-refractivity contribution < 1.29 is 9.18 Å². The lowest BCUT2D eigenvalue weighted by Gasteiger charge is -2.31. The number of carbonyl (C=O) groups excluding carboxylic acids is 1. The number of hydrogen-bond acceptors (Lipinski definition) is 3. The van der Waals surface area contributed by atoms with Gasteiger partial charge in [0.15, 0.2) is 0 Å². The summed E-state index contributed by atoms with van der Waals surface area (Å²) in [6, 6.07) is 15.2. The maximum absolute atomic E-state index is 13.8. The van der Waals surface area contributed by atoms with Gasteiger partial charge in [-0.05, 0) is 43.1 Å². The molecule has 0 aliphatic carbocycles. The summed E-state index contributed by atoms with van der Waals surface area (Å²) in [4.78, 5) is 18.8. The highest BCUT2D eigenvalue weighted by Gasteiger charge is 2.25. The minimum absolute atomic E-state index is 0.0300. The zero-order chi connectivity index (χ0) is 20.8. The first kappa shape index (κ1) is 20.3. The third kappa shape index (κ3) is 5.33. The summed E-state index contributed by atoms with van der Waals surface area (Å²) in [7, 11) is 0. The number of halogens is 1. The third-order valence-electron chi connectivity index (χ3n) is 5.72. The second-order valence-corrected chi connectivity index (χ2v) is 7.91. The number of amides is 1. The molecule has 5 nitrogen and oxygen atoms in total. The lowest BCUT2D eigenvalue weighted by atomic mass is 9.95. The summed E-state index contributed by atoms with van der Waals surface area (Å²) in [5.74, 6) is -0.0150. The van der Waals surface area contributed by atoms with Gasteiger partial charge in [0.1, 0.15) is 5.82 Å². The second kappa shape index (κ2) is 9.67. The van der Waals surface area contributed by atoms with E-state index in [-0.39, 0.29) is 17.6 Å². The van der Waals surface area contributed by atoms with Gasteiger partial charge in [0, 0.05) is 43.5 Å². The summed E-state index contributed by atoms with van der Waals surface area (Å²) in [6.45, 7) is 3.56. The molecule has 1 aliphatic rings. The van der Waals surface area contributed by atoms with Crippen molar-refractivity contribution in [3.05, 3.63) is 89.8 Å². The summed E-state index contributed by atoms with van der Waals surface area (Å²) in [5, 5.41) is 3.07. The summed E-state index contributed by atoms with van der Waals surface area (Å²) in [6.07, 6.45) is 7.13. The van der Waals surface area contributed by atoms with Crippen LogP contribution in [0.3, 0.4) is 0 Å². The Bertz CT molecular complexity index is 948. The van der Waals surface area contributed by atoms with Gasteiger partial charge in [0.2, 0.25) is 5.91 Å². The van der Waals surface area contributed by atoms with Gasteiger partial charge in [-0.1, -0.05) is 42.5 Å². The topological polar surface area (TPSA) is 50.2 Å². The molecular weight excluding hydrogens is 379 g/mol. The summed E-state index contributed by atoms with van der Waals surface area (Å²) in [5.41, 5.74) is 3.01. The average Bonchev–Trinajstić information content (AvgIpc) is 3.28. The van der Waals surface area contributed by atoms with E-state index in [9.17, 15) is 9.18 Å². The van der Waals surface area contributed by atoms with Crippen LogP contribution in [0.15, 0.2) is 67.3 Å². The standard InChI is InChI=1S/C24H27FN4O/c25-23-4-2-1-3-22(23)17-28-12-9-21(10-13-28)24(30)27-15-19-5-7-20(8-6-19)16-29-14-11-26-18-29/h1-8,11,14,18,21H,9-10,12-13,15-17H2,(H,27,30). The molecule has 1 aliphatic heterocycles. The molecule has 1 saturated heterocycles. The zero-order valence-corrected chi connectivity index (χ0v) is 17.0. The van der Waals surface area contributed by atoms with Crippen molar-refractivity contribution >= 4 is 5.91 Å². The number of rotatable bonds is 7. The van der Waals surface area contributed by atoms with Gasteiger partial charge in [-0.25, -0.2) is 9.37 Å². The fourth-order valence-corrected chi connectivity index (χ4v) is 3.91. The van der Waals surface area contributed by atoms with Gasteiger partial charge in [-0.15, -0.1) is 0 Å². The van der Waals surface area contributed by atoms with Crippen molar-refractivity contribution in [2.75, 3.05) is 13.1 Å². The van der Waals surface area contributed by atoms with E-state index in [0.717, 1.165) is 43.6 Å². The predicted octanol–water partition coefficient (Wildman–Crippen LogP) is 3.60. The highest BCUT2D eigenvalue weighted by atomic mass is 19.1. The summed E-state index contributed by atoms with van der Waals surface area (Å²) < 4.78 is 15.9. The molecule has 6 heteroatoms. The number of benzene rings is 2. The fraction of sp³-hybridized carbons (Fsp3) is 0.333. The Kier molecular flexibility index (Phi) is 6.54. The molecule has 0 spiro atoms. The lowest BCUT2D eigenvalue weighted by Crippen LogP contribution is -2.40. The average molecular weight is 407 g/mol. The van der Waals surface area contributed by atoms with Crippen LogP contribution in [-0.2, 0) is 24.4 Å². The number of hydrogen-bond donors (Lipinski definition) is 1. The maximum atomic E-state index is 13.8. The smallest absolute Gasteiger partial charge is 0.223 e. The van der Waals surface area contributed by atoms with Crippen molar-refractivity contribution in [3.63, 3.8) is 0 Å². The molecule has 30 heavy (non-hydrogen) atoms. The first-order chi connectivity index (χ1) is 14.7. The number of aromatic nitrogens is 2. The molecule has 1 aromatic heterocycles. The van der Waals surface area contributed by atoms with Gasteiger partial charge in [-0.3, -0.25) is 9.69 Å². The van der Waals surface area contributed by atoms with Gasteiger partial charge >= 0.3 is 0 Å². The first-order valence-corrected chi connectivity index (χ1v) is 10.4. The normalized spacial score (nSPS) is 15.2. The van der Waals surface area contributed by atoms with E-state index in [4.69, 9.17) is 0 Å². The molecule has 1 N–H and O–H groups in total. The lowest BCUT2D eigenvalue weighted by molar-refractivity contribution is -0.126. The van der Waals surface area contributed by atoms with Crippen LogP contribution in [-0.4, -0.2) is 33.4 Å². The largest absolute Gasteiger partial charge is 0.352 e. The number of imidazole rings is 1. The molecule has 1 amide bonds. The van der Waals surface area contributed by atoms with Gasteiger partial charge < -0.3 is 9.88 Å². The molecule has 3 aromatic rings. The second-order valence-electron chi connectivity index (χ2n) is 7.91. The van der Waals surface area contributed by atoms with Gasteiger partial charge in [-0.2, -0.15) is 0 Å². The number of piperidine rings is 1. The minimum Gasteiger partial charge on any atom is -0.352 e. The van der Waals surface area contributed by atoms with Crippen molar-refractivity contribution in [2.45, 2.75) is 32.5 Å². The van der Waals surface area contributed by atoms with Crippen molar-refractivity contribution in [3.8, 4) is 0 Å². The van der Waals surface area contributed by atoms with Crippen LogP contribution < -0.4 is 5.32 Å². The molecule has 0 radical (unpaired) electrons. The Labute approximate surface area is 176 Å². The molecule has 0 atom stereocenters. The van der Waals surface area contributed by atoms with E-state index in [1.807, 2.05) is 22.9 Å². The van der Waals surface area contributed by atoms with Crippen LogP contribution in [0.2, 0.25) is 0 Å². The van der Waals surface area contributed by atoms with Crippen LogP contribution in [0.1, 0.15) is 29.5 Å². The molecular formula is C24H27FN4O. The molecule has 1 fully saturated rings. The van der Waals surface area contributed by atoms with Crippen LogP contribution in [0, 0.1) is 11.7 Å². The van der Waals surface area contributed by atoms with E-state index in [0.29, 0.717) is 13.1 Å². The van der Waals surface area contributed by atoms with E-state index in [1.54, 1.807) is 18.6 Å². The monoisotopic (exact) mass is 406 g/mol. The third-order valence-corrected chi connectivity index (χ3v) is 5.72. The number of carbonyl (C=O) groups is 1. The van der Waals surface area contributed by atoms with Crippen LogP contribution in [0.25, 0.3) is 0 Å². The minimum atomic E-state index is -0.159. The number of nitrogens with one attached hydrogen (secondary N) is 1. The van der Waals surface area contributed by atoms with Gasteiger partial charge in [0.25, 0.3) is 0 Å². The Morgan fingerprint density at radius 1 is 1.03 bits per heavy atom. The molecule has 0 unspecified atom stereocenters. The maximum Gasteiger partial charge on any atom is 0.223 e. The molecule has 2 heterocycles. The predicted molar refractivity (Wildman–Crippen MR) is 114 cm³/mol. The molecule has 0 bridgehead atoms. The summed E-state index contributed by atoms with van der Waals surface area (Å²) >= 11 is 0. The molecule has 156 valence electrons. The zero-order valence-electron chi connectivity index (χ0n) is 17.0. The molecule has 0 saturated carbocycles. The van der Waals surface area contributed by atoms with E-state index in [2.05, 4.69) is 39.5 Å². The Morgan fingerprint density at radius 2 is 1.77 bits per heavy atom. The van der Waals surface area contributed by atoms with E-state index >= 15 is 0 Å². The number of nitrogens with zero attached hydrogens (tertiary/aromatic N) is 3. The quantitative estimate of drug-likeness (QED) is 0.652. The van der Waals surface area contributed by atoms with E-state index in [1.165, 1.54) is 11.6 Å². The molecule has 2 aromatic carbocycles. The first-order valence-electron chi connectivity index (χ1n) is 10.4. The van der Waals surface area contributed by atoms with Crippen molar-refractivity contribution in [2.24, 2.45) is 5.92 Å². The SMILES string of the molecule is O=C(NCc1ccc(Cn2ccnc2)cc1)C1CCN(Cc2ccccc2F)CC1. The van der Waals surface area contributed by atoms with Crippen LogP contribution in [0.4, 0.5) is 4.39 Å².